The average Bonchev–Trinajstić information content (AvgIpc) is 2.78. The van der Waals surface area contributed by atoms with Crippen molar-refractivity contribution in [3.05, 3.63) is 18.6 Å². The number of hydrogen-bond acceptors (Lipinski definition) is 2. The van der Waals surface area contributed by atoms with Crippen molar-refractivity contribution in [2.24, 2.45) is 0 Å². The number of rotatable bonds is 24. The van der Waals surface area contributed by atoms with Crippen molar-refractivity contribution in [3.8, 4) is 0 Å². The molecule has 0 saturated carbocycles. The van der Waals surface area contributed by atoms with Crippen molar-refractivity contribution in [1.29, 1.82) is 0 Å². The summed E-state index contributed by atoms with van der Waals surface area (Å²) in [6.07, 6.45) is 31.4. The summed E-state index contributed by atoms with van der Waals surface area (Å²) in [5.74, 6) is 0.155. The van der Waals surface area contributed by atoms with Crippen LogP contribution in [0.4, 0.5) is 0 Å². The molecule has 0 saturated heterocycles. The smallest absolute Gasteiger partial charge is 0.220 e. The van der Waals surface area contributed by atoms with Gasteiger partial charge in [-0.2, -0.15) is 0 Å². The lowest BCUT2D eigenvalue weighted by Crippen LogP contribution is -2.34. The van der Waals surface area contributed by atoms with Crippen LogP contribution in [0.5, 0.6) is 0 Å². The number of unbranched alkanes of at least 4 members (excludes halogenated alkanes) is 15. The molecule has 2 N–H and O–H groups in total. The minimum atomic E-state index is 0.107. The highest BCUT2D eigenvalue weighted by Gasteiger charge is 2.09. The first-order valence-corrected chi connectivity index (χ1v) is 13.6. The first-order chi connectivity index (χ1) is 15.2. The molecule has 0 fully saturated rings. The molecule has 3 nitrogen and oxygen atoms in total. The fourth-order valence-corrected chi connectivity index (χ4v) is 3.95. The van der Waals surface area contributed by atoms with Gasteiger partial charge >= 0.3 is 0 Å². The Morgan fingerprint density at radius 2 is 1.19 bits per heavy atom. The van der Waals surface area contributed by atoms with Gasteiger partial charge in [-0.25, -0.2) is 0 Å². The third-order valence-corrected chi connectivity index (χ3v) is 6.03. The van der Waals surface area contributed by atoms with Crippen LogP contribution in [-0.4, -0.2) is 23.7 Å². The molecule has 0 aromatic carbocycles. The van der Waals surface area contributed by atoms with Gasteiger partial charge in [-0.1, -0.05) is 103 Å². The molecule has 0 bridgehead atoms. The van der Waals surface area contributed by atoms with Crippen LogP contribution in [-0.2, 0) is 4.79 Å². The lowest BCUT2D eigenvalue weighted by Gasteiger charge is -2.16. The van der Waals surface area contributed by atoms with Gasteiger partial charge < -0.3 is 10.4 Å². The second-order valence-corrected chi connectivity index (χ2v) is 9.08. The van der Waals surface area contributed by atoms with E-state index >= 15 is 0 Å². The Labute approximate surface area is 194 Å². The summed E-state index contributed by atoms with van der Waals surface area (Å²) in [5.41, 5.74) is 0. The molecule has 0 aliphatic rings. The zero-order chi connectivity index (χ0) is 22.8. The second-order valence-electron chi connectivity index (χ2n) is 9.08. The van der Waals surface area contributed by atoms with Crippen molar-refractivity contribution in [2.45, 2.75) is 148 Å². The Bertz CT molecular complexity index is 394. The zero-order valence-electron chi connectivity index (χ0n) is 21.0. The molecule has 1 unspecified atom stereocenters. The largest absolute Gasteiger partial charge is 0.396 e. The standard InChI is InChI=1S/C28H54NO2/c1-3-5-6-7-8-9-10-11-12-13-14-15-16-17-18-19-20-21-22-25-28(31)29-27(4-2)24-23-26-30/h11-12,24,27,30H,3-10,13-23,25-26H2,1-2H3,(H,29,31)/b12-11-. The van der Waals surface area contributed by atoms with E-state index in [9.17, 15) is 4.79 Å². The Kier molecular flexibility index (Phi) is 24.7. The van der Waals surface area contributed by atoms with Gasteiger partial charge in [0.05, 0.1) is 0 Å². The maximum atomic E-state index is 12.0. The van der Waals surface area contributed by atoms with E-state index in [1.54, 1.807) is 0 Å². The summed E-state index contributed by atoms with van der Waals surface area (Å²) in [6.45, 7) is 4.49. The Morgan fingerprint density at radius 3 is 1.68 bits per heavy atom. The number of aliphatic hydroxyl groups excluding tert-OH is 1. The van der Waals surface area contributed by atoms with E-state index in [1.807, 2.05) is 6.42 Å². The number of nitrogens with one attached hydrogen (secondary N) is 1. The first-order valence-electron chi connectivity index (χ1n) is 13.6. The van der Waals surface area contributed by atoms with E-state index in [0.717, 1.165) is 19.3 Å². The van der Waals surface area contributed by atoms with Gasteiger partial charge in [0.25, 0.3) is 0 Å². The highest BCUT2D eigenvalue weighted by Crippen LogP contribution is 2.12. The van der Waals surface area contributed by atoms with E-state index in [0.29, 0.717) is 12.8 Å². The van der Waals surface area contributed by atoms with E-state index in [4.69, 9.17) is 5.11 Å². The van der Waals surface area contributed by atoms with Crippen molar-refractivity contribution >= 4 is 5.91 Å². The molecule has 0 aliphatic heterocycles. The SMILES string of the molecule is CCCCCCCC/C=C\CCCCCCCCCCCC(=O)NC([CH]CCO)CC. The van der Waals surface area contributed by atoms with Gasteiger partial charge in [-0.3, -0.25) is 4.79 Å². The van der Waals surface area contributed by atoms with Gasteiger partial charge in [-0.05, 0) is 51.4 Å². The quantitative estimate of drug-likeness (QED) is 0.119. The van der Waals surface area contributed by atoms with Crippen molar-refractivity contribution in [2.75, 3.05) is 6.61 Å². The molecule has 0 aliphatic carbocycles. The Morgan fingerprint density at radius 1 is 0.710 bits per heavy atom. The van der Waals surface area contributed by atoms with Gasteiger partial charge in [0.1, 0.15) is 0 Å². The summed E-state index contributed by atoms with van der Waals surface area (Å²) in [5, 5.41) is 11.9. The number of hydrogen-bond donors (Lipinski definition) is 2. The molecule has 3 heteroatoms. The lowest BCUT2D eigenvalue weighted by molar-refractivity contribution is -0.121. The lowest BCUT2D eigenvalue weighted by atomic mass is 10.0. The minimum absolute atomic E-state index is 0.107. The highest BCUT2D eigenvalue weighted by molar-refractivity contribution is 5.76. The third kappa shape index (κ3) is 23.7. The molecule has 0 spiro atoms. The molecule has 1 atom stereocenters. The molecule has 0 aromatic rings. The Hall–Kier alpha value is -0.830. The number of carbonyl (C=O) groups excluding carboxylic acids is 1. The fourth-order valence-electron chi connectivity index (χ4n) is 3.95. The normalized spacial score (nSPS) is 12.5. The maximum absolute atomic E-state index is 12.0. The van der Waals surface area contributed by atoms with Crippen molar-refractivity contribution in [1.82, 2.24) is 5.32 Å². The van der Waals surface area contributed by atoms with E-state index in [-0.39, 0.29) is 18.6 Å². The molecule has 0 aromatic heterocycles. The van der Waals surface area contributed by atoms with Crippen LogP contribution in [0.3, 0.4) is 0 Å². The summed E-state index contributed by atoms with van der Waals surface area (Å²) < 4.78 is 0. The monoisotopic (exact) mass is 436 g/mol. The van der Waals surface area contributed by atoms with E-state index in [2.05, 4.69) is 31.3 Å². The molecule has 1 amide bonds. The maximum Gasteiger partial charge on any atom is 0.220 e. The molecular formula is C28H54NO2. The second kappa shape index (κ2) is 25.4. The van der Waals surface area contributed by atoms with Gasteiger partial charge in [0.15, 0.2) is 0 Å². The van der Waals surface area contributed by atoms with Crippen LogP contribution in [0.2, 0.25) is 0 Å². The van der Waals surface area contributed by atoms with Crippen molar-refractivity contribution < 1.29 is 9.90 Å². The van der Waals surface area contributed by atoms with Crippen LogP contribution < -0.4 is 5.32 Å². The number of carbonyl (C=O) groups is 1. The number of allylic oxidation sites excluding steroid dienone is 2. The summed E-state index contributed by atoms with van der Waals surface area (Å²) in [6, 6.07) is 0.107. The molecule has 31 heavy (non-hydrogen) atoms. The average molecular weight is 437 g/mol. The van der Waals surface area contributed by atoms with Crippen LogP contribution in [0.1, 0.15) is 142 Å². The Balaban J connectivity index is 3.29. The summed E-state index contributed by atoms with van der Waals surface area (Å²) in [7, 11) is 0. The number of aliphatic hydroxyl groups is 1. The number of amides is 1. The van der Waals surface area contributed by atoms with E-state index in [1.165, 1.54) is 96.3 Å². The minimum Gasteiger partial charge on any atom is -0.396 e. The first kappa shape index (κ1) is 30.2. The highest BCUT2D eigenvalue weighted by atomic mass is 16.3. The van der Waals surface area contributed by atoms with Crippen LogP contribution >= 0.6 is 0 Å². The predicted octanol–water partition coefficient (Wildman–Crippen LogP) is 8.07. The fraction of sp³-hybridized carbons (Fsp3) is 0.857. The molecular weight excluding hydrogens is 382 g/mol. The predicted molar refractivity (Wildman–Crippen MR) is 136 cm³/mol. The van der Waals surface area contributed by atoms with Crippen LogP contribution in [0.25, 0.3) is 0 Å². The van der Waals surface area contributed by atoms with E-state index < -0.39 is 0 Å². The van der Waals surface area contributed by atoms with Crippen LogP contribution in [0, 0.1) is 6.42 Å². The molecule has 0 heterocycles. The zero-order valence-corrected chi connectivity index (χ0v) is 21.0. The third-order valence-electron chi connectivity index (χ3n) is 6.03. The molecule has 0 rings (SSSR count). The summed E-state index contributed by atoms with van der Waals surface area (Å²) >= 11 is 0. The molecule has 1 radical (unpaired) electrons. The van der Waals surface area contributed by atoms with Gasteiger partial charge in [0.2, 0.25) is 5.91 Å². The van der Waals surface area contributed by atoms with Gasteiger partial charge in [-0.15, -0.1) is 0 Å². The summed E-state index contributed by atoms with van der Waals surface area (Å²) in [4.78, 5) is 12.0. The van der Waals surface area contributed by atoms with Gasteiger partial charge in [0, 0.05) is 19.1 Å². The topological polar surface area (TPSA) is 49.3 Å². The van der Waals surface area contributed by atoms with Crippen molar-refractivity contribution in [3.63, 3.8) is 0 Å². The van der Waals surface area contributed by atoms with Crippen LogP contribution in [0.15, 0.2) is 12.2 Å². The molecule has 183 valence electrons.